The maximum Gasteiger partial charge on any atom is 0.417 e. The number of hydrogen-bond donors (Lipinski definition) is 1. The van der Waals surface area contributed by atoms with Gasteiger partial charge >= 0.3 is 6.18 Å². The number of hydrogen-bond acceptors (Lipinski definition) is 2. The van der Waals surface area contributed by atoms with Crippen molar-refractivity contribution in [2.45, 2.75) is 38.9 Å². The zero-order valence-electron chi connectivity index (χ0n) is 9.96. The Morgan fingerprint density at radius 2 is 1.82 bits per heavy atom. The van der Waals surface area contributed by atoms with E-state index in [1.165, 1.54) is 6.07 Å². The van der Waals surface area contributed by atoms with Gasteiger partial charge in [-0.3, -0.25) is 4.98 Å². The van der Waals surface area contributed by atoms with Crippen molar-refractivity contribution in [3.63, 3.8) is 0 Å². The lowest BCUT2D eigenvalue weighted by Crippen LogP contribution is -2.21. The van der Waals surface area contributed by atoms with Crippen LogP contribution in [0.4, 0.5) is 13.2 Å². The topological polar surface area (TPSA) is 38.9 Å². The molecule has 1 unspecified atom stereocenters. The molecule has 0 fully saturated rings. The molecule has 2 nitrogen and oxygen atoms in total. The van der Waals surface area contributed by atoms with E-state index in [2.05, 4.69) is 4.98 Å². The van der Waals surface area contributed by atoms with Crippen LogP contribution < -0.4 is 5.73 Å². The average molecular weight is 246 g/mol. The first kappa shape index (κ1) is 14.0. The fourth-order valence-corrected chi connectivity index (χ4v) is 1.81. The summed E-state index contributed by atoms with van der Waals surface area (Å²) in [5.41, 5.74) is 5.76. The minimum Gasteiger partial charge on any atom is -0.322 e. The van der Waals surface area contributed by atoms with Gasteiger partial charge in [0, 0.05) is 12.2 Å². The van der Waals surface area contributed by atoms with E-state index in [0.717, 1.165) is 25.1 Å². The first-order valence-electron chi connectivity index (χ1n) is 5.68. The van der Waals surface area contributed by atoms with E-state index in [9.17, 15) is 13.2 Å². The normalized spacial score (nSPS) is 14.1. The summed E-state index contributed by atoms with van der Waals surface area (Å²) in [7, 11) is 0. The highest BCUT2D eigenvalue weighted by atomic mass is 19.4. The van der Waals surface area contributed by atoms with Crippen LogP contribution in [0.2, 0.25) is 0 Å². The zero-order chi connectivity index (χ0) is 13.1. The Labute approximate surface area is 99.0 Å². The Morgan fingerprint density at radius 3 is 2.18 bits per heavy atom. The number of rotatable bonds is 4. The quantitative estimate of drug-likeness (QED) is 0.882. The van der Waals surface area contributed by atoms with Gasteiger partial charge in [0.25, 0.3) is 0 Å². The molecule has 0 amide bonds. The van der Waals surface area contributed by atoms with Crippen LogP contribution in [0, 0.1) is 5.92 Å². The molecule has 17 heavy (non-hydrogen) atoms. The summed E-state index contributed by atoms with van der Waals surface area (Å²) < 4.78 is 37.0. The Morgan fingerprint density at radius 1 is 1.24 bits per heavy atom. The van der Waals surface area contributed by atoms with Crippen molar-refractivity contribution in [1.29, 1.82) is 0 Å². The summed E-state index contributed by atoms with van der Waals surface area (Å²) in [5, 5.41) is 0. The Bertz CT molecular complexity index is 342. The molecule has 0 aliphatic rings. The average Bonchev–Trinajstić information content (AvgIpc) is 2.29. The maximum atomic E-state index is 12.3. The fourth-order valence-electron chi connectivity index (χ4n) is 1.81. The molecule has 1 heterocycles. The Kier molecular flexibility index (Phi) is 4.51. The van der Waals surface area contributed by atoms with Gasteiger partial charge in [0.15, 0.2) is 0 Å². The lowest BCUT2D eigenvalue weighted by Gasteiger charge is -2.20. The van der Waals surface area contributed by atoms with Gasteiger partial charge in [0.2, 0.25) is 0 Å². The summed E-state index contributed by atoms with van der Waals surface area (Å²) in [4.78, 5) is 3.82. The number of aromatic nitrogens is 1. The molecule has 1 aromatic rings. The second-order valence-corrected chi connectivity index (χ2v) is 4.07. The molecule has 1 atom stereocenters. The molecule has 1 aromatic heterocycles. The third-order valence-electron chi connectivity index (χ3n) is 3.01. The Balaban J connectivity index is 2.87. The van der Waals surface area contributed by atoms with Crippen LogP contribution in [0.5, 0.6) is 0 Å². The third-order valence-corrected chi connectivity index (χ3v) is 3.01. The predicted octanol–water partition coefficient (Wildman–Crippen LogP) is 3.54. The highest BCUT2D eigenvalue weighted by Gasteiger charge is 2.31. The van der Waals surface area contributed by atoms with Crippen molar-refractivity contribution >= 4 is 0 Å². The zero-order valence-corrected chi connectivity index (χ0v) is 9.96. The molecule has 2 N–H and O–H groups in total. The van der Waals surface area contributed by atoms with Gasteiger partial charge in [-0.1, -0.05) is 26.7 Å². The molecule has 0 radical (unpaired) electrons. The molecule has 0 saturated carbocycles. The predicted molar refractivity (Wildman–Crippen MR) is 60.2 cm³/mol. The summed E-state index contributed by atoms with van der Waals surface area (Å²) in [5.74, 6) is 0.249. The lowest BCUT2D eigenvalue weighted by molar-refractivity contribution is -0.137. The number of nitrogens with zero attached hydrogens (tertiary/aromatic N) is 1. The highest BCUT2D eigenvalue weighted by Crippen LogP contribution is 2.30. The van der Waals surface area contributed by atoms with Crippen molar-refractivity contribution in [1.82, 2.24) is 4.98 Å². The monoisotopic (exact) mass is 246 g/mol. The summed E-state index contributed by atoms with van der Waals surface area (Å²) in [6.45, 7) is 4.02. The van der Waals surface area contributed by atoms with Crippen LogP contribution in [-0.4, -0.2) is 4.98 Å². The van der Waals surface area contributed by atoms with E-state index in [1.54, 1.807) is 0 Å². The largest absolute Gasteiger partial charge is 0.417 e. The molecule has 0 aliphatic heterocycles. The van der Waals surface area contributed by atoms with Gasteiger partial charge in [-0.05, 0) is 18.1 Å². The number of nitrogens with two attached hydrogens (primary N) is 1. The molecular formula is C12H17F3N2. The standard InChI is InChI=1S/C12H17F3N2/c1-3-8(4-2)11(16)10-6-5-9(7-17-10)12(13,14)15/h5-8,11H,3-4,16H2,1-2H3. The number of pyridine rings is 1. The van der Waals surface area contributed by atoms with Crippen LogP contribution in [0.25, 0.3) is 0 Å². The van der Waals surface area contributed by atoms with E-state index in [4.69, 9.17) is 5.73 Å². The molecule has 0 spiro atoms. The Hall–Kier alpha value is -1.10. The van der Waals surface area contributed by atoms with Gasteiger partial charge in [0.05, 0.1) is 11.3 Å². The van der Waals surface area contributed by atoms with Crippen molar-refractivity contribution in [3.8, 4) is 0 Å². The first-order valence-corrected chi connectivity index (χ1v) is 5.68. The SMILES string of the molecule is CCC(CC)C(N)c1ccc(C(F)(F)F)cn1. The molecule has 5 heteroatoms. The van der Waals surface area contributed by atoms with E-state index in [-0.39, 0.29) is 12.0 Å². The highest BCUT2D eigenvalue weighted by molar-refractivity contribution is 5.19. The van der Waals surface area contributed by atoms with Crippen LogP contribution in [0.15, 0.2) is 18.3 Å². The molecular weight excluding hydrogens is 229 g/mol. The van der Waals surface area contributed by atoms with E-state index >= 15 is 0 Å². The van der Waals surface area contributed by atoms with E-state index < -0.39 is 11.7 Å². The first-order chi connectivity index (χ1) is 7.90. The van der Waals surface area contributed by atoms with Crippen molar-refractivity contribution in [3.05, 3.63) is 29.6 Å². The molecule has 1 rings (SSSR count). The van der Waals surface area contributed by atoms with Crippen LogP contribution in [0.1, 0.15) is 44.0 Å². The fraction of sp³-hybridized carbons (Fsp3) is 0.583. The molecule has 0 aliphatic carbocycles. The van der Waals surface area contributed by atoms with Gasteiger partial charge in [-0.25, -0.2) is 0 Å². The molecule has 0 aromatic carbocycles. The van der Waals surface area contributed by atoms with Crippen LogP contribution in [0.3, 0.4) is 0 Å². The number of alkyl halides is 3. The summed E-state index contributed by atoms with van der Waals surface area (Å²) >= 11 is 0. The summed E-state index contributed by atoms with van der Waals surface area (Å²) in [6.07, 6.45) is -1.72. The van der Waals surface area contributed by atoms with E-state index in [0.29, 0.717) is 5.69 Å². The van der Waals surface area contributed by atoms with Crippen molar-refractivity contribution in [2.24, 2.45) is 11.7 Å². The van der Waals surface area contributed by atoms with Crippen LogP contribution in [-0.2, 0) is 6.18 Å². The van der Waals surface area contributed by atoms with Gasteiger partial charge < -0.3 is 5.73 Å². The maximum absolute atomic E-state index is 12.3. The van der Waals surface area contributed by atoms with Gasteiger partial charge in [0.1, 0.15) is 0 Å². The number of halogens is 3. The minimum absolute atomic E-state index is 0.249. The summed E-state index contributed by atoms with van der Waals surface area (Å²) in [6, 6.07) is 2.10. The van der Waals surface area contributed by atoms with Crippen molar-refractivity contribution < 1.29 is 13.2 Å². The lowest BCUT2D eigenvalue weighted by atomic mass is 9.92. The smallest absolute Gasteiger partial charge is 0.322 e. The minimum atomic E-state index is -4.34. The molecule has 0 saturated heterocycles. The van der Waals surface area contributed by atoms with E-state index in [1.807, 2.05) is 13.8 Å². The molecule has 0 bridgehead atoms. The van der Waals surface area contributed by atoms with Gasteiger partial charge in [-0.2, -0.15) is 13.2 Å². The molecule has 96 valence electrons. The van der Waals surface area contributed by atoms with Crippen LogP contribution >= 0.6 is 0 Å². The second kappa shape index (κ2) is 5.49. The third kappa shape index (κ3) is 3.43. The van der Waals surface area contributed by atoms with Gasteiger partial charge in [-0.15, -0.1) is 0 Å². The van der Waals surface area contributed by atoms with Crippen molar-refractivity contribution in [2.75, 3.05) is 0 Å². The second-order valence-electron chi connectivity index (χ2n) is 4.07.